The van der Waals surface area contributed by atoms with Gasteiger partial charge in [0.15, 0.2) is 5.82 Å². The Balaban J connectivity index is 2.17. The van der Waals surface area contributed by atoms with E-state index < -0.39 is 10.0 Å². The van der Waals surface area contributed by atoms with Crippen LogP contribution in [0, 0.1) is 6.92 Å². The van der Waals surface area contributed by atoms with Crippen molar-refractivity contribution >= 4 is 15.8 Å². The van der Waals surface area contributed by atoms with Crippen molar-refractivity contribution in [2.45, 2.75) is 18.4 Å². The standard InChI is InChI=1S/C21H22N4O2S/c1-4-15-24(28(26,27)19-13-11-17(3)12-14-19)21-20(18-9-7-6-8-10-18)22-25(23-21)16-5-2/h4-14H,1-2,15-16H2,3H3. The molecular formula is C21H22N4O2S. The molecule has 1 heterocycles. The number of rotatable bonds is 8. The largest absolute Gasteiger partial charge is 0.265 e. The van der Waals surface area contributed by atoms with Gasteiger partial charge in [0.2, 0.25) is 0 Å². The lowest BCUT2D eigenvalue weighted by molar-refractivity contribution is 0.588. The van der Waals surface area contributed by atoms with Crippen LogP contribution in [0.2, 0.25) is 0 Å². The molecule has 3 aromatic rings. The van der Waals surface area contributed by atoms with Crippen LogP contribution in [-0.2, 0) is 16.6 Å². The van der Waals surface area contributed by atoms with Crippen molar-refractivity contribution in [1.29, 1.82) is 0 Å². The van der Waals surface area contributed by atoms with Gasteiger partial charge >= 0.3 is 0 Å². The maximum Gasteiger partial charge on any atom is 0.265 e. The number of anilines is 1. The molecule has 0 fully saturated rings. The molecule has 0 bridgehead atoms. The molecule has 0 saturated carbocycles. The quantitative estimate of drug-likeness (QED) is 0.545. The molecule has 0 aliphatic heterocycles. The van der Waals surface area contributed by atoms with Crippen LogP contribution in [-0.4, -0.2) is 30.0 Å². The van der Waals surface area contributed by atoms with Crippen LogP contribution in [0.25, 0.3) is 11.3 Å². The highest BCUT2D eigenvalue weighted by molar-refractivity contribution is 7.92. The molecule has 0 N–H and O–H groups in total. The van der Waals surface area contributed by atoms with E-state index in [9.17, 15) is 8.42 Å². The Morgan fingerprint density at radius 1 is 1.00 bits per heavy atom. The molecule has 0 spiro atoms. The first-order valence-corrected chi connectivity index (χ1v) is 10.2. The summed E-state index contributed by atoms with van der Waals surface area (Å²) in [5.74, 6) is 0.258. The number of benzene rings is 2. The van der Waals surface area contributed by atoms with E-state index in [2.05, 4.69) is 23.4 Å². The van der Waals surface area contributed by atoms with E-state index in [1.807, 2.05) is 37.3 Å². The second-order valence-corrected chi connectivity index (χ2v) is 8.08. The summed E-state index contributed by atoms with van der Waals surface area (Å²) in [5, 5.41) is 8.93. The van der Waals surface area contributed by atoms with Crippen LogP contribution in [0.5, 0.6) is 0 Å². The van der Waals surface area contributed by atoms with Crippen molar-refractivity contribution in [3.8, 4) is 11.3 Å². The van der Waals surface area contributed by atoms with Crippen molar-refractivity contribution in [3.63, 3.8) is 0 Å². The molecule has 6 nitrogen and oxygen atoms in total. The normalized spacial score (nSPS) is 11.2. The Labute approximate surface area is 165 Å². The van der Waals surface area contributed by atoms with Gasteiger partial charge in [0.25, 0.3) is 10.0 Å². The summed E-state index contributed by atoms with van der Waals surface area (Å²) in [6.07, 6.45) is 3.19. The van der Waals surface area contributed by atoms with Crippen LogP contribution in [0.15, 0.2) is 84.8 Å². The monoisotopic (exact) mass is 394 g/mol. The van der Waals surface area contributed by atoms with Crippen LogP contribution in [0.4, 0.5) is 5.82 Å². The second kappa shape index (κ2) is 8.22. The maximum atomic E-state index is 13.4. The van der Waals surface area contributed by atoms with E-state index in [1.165, 1.54) is 15.2 Å². The van der Waals surface area contributed by atoms with Gasteiger partial charge in [-0.05, 0) is 19.1 Å². The zero-order valence-electron chi connectivity index (χ0n) is 15.7. The fourth-order valence-electron chi connectivity index (χ4n) is 2.74. The number of hydrogen-bond donors (Lipinski definition) is 0. The zero-order valence-corrected chi connectivity index (χ0v) is 16.5. The minimum absolute atomic E-state index is 0.0722. The van der Waals surface area contributed by atoms with Gasteiger partial charge in [0.05, 0.1) is 18.0 Å². The number of hydrogen-bond acceptors (Lipinski definition) is 4. The lowest BCUT2D eigenvalue weighted by atomic mass is 10.1. The summed E-state index contributed by atoms with van der Waals surface area (Å²) >= 11 is 0. The van der Waals surface area contributed by atoms with Crippen LogP contribution >= 0.6 is 0 Å². The van der Waals surface area contributed by atoms with Gasteiger partial charge in [-0.15, -0.1) is 18.3 Å². The van der Waals surface area contributed by atoms with E-state index in [1.54, 1.807) is 30.3 Å². The SMILES string of the molecule is C=CCN(c1nn(CC=C)nc1-c1ccccc1)S(=O)(=O)c1ccc(C)cc1. The van der Waals surface area contributed by atoms with Gasteiger partial charge in [-0.25, -0.2) is 12.7 Å². The molecule has 2 aromatic carbocycles. The smallest absolute Gasteiger partial charge is 0.243 e. The molecule has 0 unspecified atom stereocenters. The lowest BCUT2D eigenvalue weighted by Gasteiger charge is -2.21. The molecule has 0 atom stereocenters. The molecule has 0 radical (unpaired) electrons. The third-order valence-electron chi connectivity index (χ3n) is 4.12. The Morgan fingerprint density at radius 2 is 1.68 bits per heavy atom. The first kappa shape index (κ1) is 19.6. The summed E-state index contributed by atoms with van der Waals surface area (Å²) in [6, 6.07) is 16.1. The minimum Gasteiger partial charge on any atom is -0.243 e. The predicted octanol–water partition coefficient (Wildman–Crippen LogP) is 3.82. The Hall–Kier alpha value is -3.19. The van der Waals surface area contributed by atoms with E-state index in [-0.39, 0.29) is 17.3 Å². The highest BCUT2D eigenvalue weighted by Gasteiger charge is 2.29. The van der Waals surface area contributed by atoms with E-state index in [4.69, 9.17) is 0 Å². The maximum absolute atomic E-state index is 13.4. The third-order valence-corrected chi connectivity index (χ3v) is 5.89. The molecular weight excluding hydrogens is 372 g/mol. The summed E-state index contributed by atoms with van der Waals surface area (Å²) < 4.78 is 28.0. The summed E-state index contributed by atoms with van der Waals surface area (Å²) in [6.45, 7) is 9.77. The summed E-state index contributed by atoms with van der Waals surface area (Å²) in [4.78, 5) is 1.63. The number of sulfonamides is 1. The minimum atomic E-state index is -3.84. The molecule has 0 amide bonds. The second-order valence-electron chi connectivity index (χ2n) is 6.22. The van der Waals surface area contributed by atoms with Crippen LogP contribution < -0.4 is 4.31 Å². The molecule has 0 saturated heterocycles. The molecule has 0 aliphatic rings. The average Bonchev–Trinajstić information content (AvgIpc) is 3.10. The fourth-order valence-corrected chi connectivity index (χ4v) is 4.13. The third kappa shape index (κ3) is 3.89. The summed E-state index contributed by atoms with van der Waals surface area (Å²) in [5.41, 5.74) is 2.25. The molecule has 3 rings (SSSR count). The van der Waals surface area contributed by atoms with Crippen LogP contribution in [0.1, 0.15) is 5.56 Å². The molecule has 0 aliphatic carbocycles. The van der Waals surface area contributed by atoms with E-state index >= 15 is 0 Å². The number of nitrogens with zero attached hydrogens (tertiary/aromatic N) is 4. The van der Waals surface area contributed by atoms with Crippen molar-refractivity contribution in [2.24, 2.45) is 0 Å². The van der Waals surface area contributed by atoms with Gasteiger partial charge in [0.1, 0.15) is 5.69 Å². The van der Waals surface area contributed by atoms with Crippen molar-refractivity contribution in [2.75, 3.05) is 10.8 Å². The summed E-state index contributed by atoms with van der Waals surface area (Å²) in [7, 11) is -3.84. The van der Waals surface area contributed by atoms with E-state index in [0.29, 0.717) is 12.2 Å². The first-order chi connectivity index (χ1) is 13.5. The zero-order chi connectivity index (χ0) is 20.1. The van der Waals surface area contributed by atoms with Gasteiger partial charge in [-0.3, -0.25) is 0 Å². The Bertz CT molecular complexity index is 1070. The Kier molecular flexibility index (Phi) is 5.75. The number of aryl methyl sites for hydroxylation is 1. The van der Waals surface area contributed by atoms with Gasteiger partial charge in [-0.2, -0.15) is 9.90 Å². The van der Waals surface area contributed by atoms with Crippen molar-refractivity contribution in [3.05, 3.63) is 85.5 Å². The van der Waals surface area contributed by atoms with Gasteiger partial charge in [-0.1, -0.05) is 60.2 Å². The highest BCUT2D eigenvalue weighted by Crippen LogP contribution is 2.31. The molecule has 1 aromatic heterocycles. The first-order valence-electron chi connectivity index (χ1n) is 8.79. The van der Waals surface area contributed by atoms with Crippen molar-refractivity contribution < 1.29 is 8.42 Å². The highest BCUT2D eigenvalue weighted by atomic mass is 32.2. The van der Waals surface area contributed by atoms with Gasteiger partial charge < -0.3 is 0 Å². The predicted molar refractivity (Wildman–Crippen MR) is 112 cm³/mol. The van der Waals surface area contributed by atoms with E-state index in [0.717, 1.165) is 11.1 Å². The lowest BCUT2D eigenvalue weighted by Crippen LogP contribution is -2.32. The van der Waals surface area contributed by atoms with Crippen LogP contribution in [0.3, 0.4) is 0 Å². The molecule has 7 heteroatoms. The number of aromatic nitrogens is 3. The molecule has 144 valence electrons. The van der Waals surface area contributed by atoms with Crippen molar-refractivity contribution in [1.82, 2.24) is 15.0 Å². The fraction of sp³-hybridized carbons (Fsp3) is 0.143. The average molecular weight is 395 g/mol. The van der Waals surface area contributed by atoms with Gasteiger partial charge in [0, 0.05) is 5.56 Å². The Morgan fingerprint density at radius 3 is 2.29 bits per heavy atom. The number of allylic oxidation sites excluding steroid dienone is 1. The molecule has 28 heavy (non-hydrogen) atoms. The topological polar surface area (TPSA) is 68.1 Å².